The molecular formula is C44H88NO8P. The highest BCUT2D eigenvalue weighted by atomic mass is 31.2. The van der Waals surface area contributed by atoms with Gasteiger partial charge < -0.3 is 20.1 Å². The van der Waals surface area contributed by atoms with Crippen LogP contribution >= 0.6 is 7.82 Å². The SMILES string of the molecule is CCCCCCCCCCCCCCCCCCCCCCC(=O)NCCOP(=O)(O)OCC(O)COC(=O)CCCCCCCCCCCCCCC. The van der Waals surface area contributed by atoms with Crippen LogP contribution in [0.5, 0.6) is 0 Å². The first kappa shape index (κ1) is 53.0. The number of phosphoric ester groups is 1. The maximum Gasteiger partial charge on any atom is 0.472 e. The largest absolute Gasteiger partial charge is 0.472 e. The monoisotopic (exact) mass is 790 g/mol. The van der Waals surface area contributed by atoms with Gasteiger partial charge in [0, 0.05) is 19.4 Å². The van der Waals surface area contributed by atoms with Gasteiger partial charge >= 0.3 is 13.8 Å². The average Bonchev–Trinajstić information content (AvgIpc) is 3.16. The summed E-state index contributed by atoms with van der Waals surface area (Å²) in [6, 6.07) is 0. The zero-order valence-corrected chi connectivity index (χ0v) is 36.3. The third kappa shape index (κ3) is 42.2. The molecule has 0 heterocycles. The van der Waals surface area contributed by atoms with E-state index >= 15 is 0 Å². The topological polar surface area (TPSA) is 131 Å². The third-order valence-corrected chi connectivity index (χ3v) is 11.3. The van der Waals surface area contributed by atoms with Crippen molar-refractivity contribution in [3.63, 3.8) is 0 Å². The van der Waals surface area contributed by atoms with E-state index in [2.05, 4.69) is 19.2 Å². The number of esters is 1. The van der Waals surface area contributed by atoms with Crippen LogP contribution in [0.25, 0.3) is 0 Å². The van der Waals surface area contributed by atoms with Gasteiger partial charge in [-0.3, -0.25) is 18.6 Å². The Bertz CT molecular complexity index is 860. The normalized spacial score (nSPS) is 13.2. The molecule has 0 saturated heterocycles. The van der Waals surface area contributed by atoms with E-state index in [1.54, 1.807) is 0 Å². The number of carbonyl (C=O) groups is 2. The van der Waals surface area contributed by atoms with E-state index in [1.807, 2.05) is 0 Å². The Hall–Kier alpha value is -0.990. The summed E-state index contributed by atoms with van der Waals surface area (Å²) in [5, 5.41) is 12.7. The highest BCUT2D eigenvalue weighted by Crippen LogP contribution is 2.42. The molecule has 0 aliphatic carbocycles. The lowest BCUT2D eigenvalue weighted by molar-refractivity contribution is -0.147. The van der Waals surface area contributed by atoms with Crippen molar-refractivity contribution in [3.8, 4) is 0 Å². The Morgan fingerprint density at radius 3 is 1.20 bits per heavy atom. The number of amides is 1. The molecule has 2 unspecified atom stereocenters. The first-order valence-electron chi connectivity index (χ1n) is 23.0. The summed E-state index contributed by atoms with van der Waals surface area (Å²) >= 11 is 0. The van der Waals surface area contributed by atoms with E-state index in [0.717, 1.165) is 38.5 Å². The molecule has 1 amide bonds. The van der Waals surface area contributed by atoms with Crippen LogP contribution in [0.15, 0.2) is 0 Å². The Morgan fingerprint density at radius 1 is 0.500 bits per heavy atom. The molecule has 0 fully saturated rings. The molecule has 0 bridgehead atoms. The molecule has 2 atom stereocenters. The summed E-state index contributed by atoms with van der Waals surface area (Å²) < 4.78 is 26.9. The van der Waals surface area contributed by atoms with Crippen LogP contribution in [0.4, 0.5) is 0 Å². The maximum atomic E-state index is 12.1. The van der Waals surface area contributed by atoms with Crippen LogP contribution in [0, 0.1) is 0 Å². The minimum Gasteiger partial charge on any atom is -0.463 e. The van der Waals surface area contributed by atoms with Crippen molar-refractivity contribution in [1.29, 1.82) is 0 Å². The standard InChI is InChI=1S/C44H88NO8P/c1-3-5-7-9-11-13-15-17-18-19-20-21-22-23-25-26-28-30-32-34-36-43(47)45-38-39-52-54(49,50)53-41-42(46)40-51-44(48)37-35-33-31-29-27-24-16-14-12-10-8-6-4-2/h42,46H,3-41H2,1-2H3,(H,45,47)(H,49,50). The second-order valence-corrected chi connectivity index (χ2v) is 17.2. The molecule has 0 aliphatic heterocycles. The third-order valence-electron chi connectivity index (χ3n) is 10.3. The summed E-state index contributed by atoms with van der Waals surface area (Å²) in [7, 11) is -4.41. The van der Waals surface area contributed by atoms with Gasteiger partial charge in [-0.1, -0.05) is 213 Å². The van der Waals surface area contributed by atoms with Gasteiger partial charge in [-0.05, 0) is 12.8 Å². The molecule has 0 aromatic carbocycles. The van der Waals surface area contributed by atoms with Gasteiger partial charge in [0.05, 0.1) is 13.2 Å². The smallest absolute Gasteiger partial charge is 0.463 e. The van der Waals surface area contributed by atoms with Gasteiger partial charge in [0.1, 0.15) is 12.7 Å². The number of aliphatic hydroxyl groups excluding tert-OH is 1. The predicted molar refractivity (Wildman–Crippen MR) is 225 cm³/mol. The van der Waals surface area contributed by atoms with Gasteiger partial charge in [-0.2, -0.15) is 0 Å². The van der Waals surface area contributed by atoms with Crippen LogP contribution in [-0.4, -0.2) is 54.3 Å². The number of hydrogen-bond donors (Lipinski definition) is 3. The fraction of sp³-hybridized carbons (Fsp3) is 0.955. The Morgan fingerprint density at radius 2 is 0.833 bits per heavy atom. The molecule has 0 aromatic heterocycles. The molecule has 0 rings (SSSR count). The first-order valence-corrected chi connectivity index (χ1v) is 24.5. The van der Waals surface area contributed by atoms with Gasteiger partial charge in [0.15, 0.2) is 0 Å². The quantitative estimate of drug-likeness (QED) is 0.0316. The lowest BCUT2D eigenvalue weighted by Crippen LogP contribution is -2.27. The van der Waals surface area contributed by atoms with Crippen molar-refractivity contribution in [3.05, 3.63) is 0 Å². The molecule has 0 aromatic rings. The Balaban J connectivity index is 3.52. The first-order chi connectivity index (χ1) is 26.3. The van der Waals surface area contributed by atoms with E-state index in [4.69, 9.17) is 13.8 Å². The zero-order chi connectivity index (χ0) is 39.6. The average molecular weight is 790 g/mol. The molecular weight excluding hydrogens is 701 g/mol. The van der Waals surface area contributed by atoms with E-state index in [9.17, 15) is 24.2 Å². The molecule has 3 N–H and O–H groups in total. The van der Waals surface area contributed by atoms with Gasteiger partial charge in [-0.15, -0.1) is 0 Å². The summed E-state index contributed by atoms with van der Waals surface area (Å²) in [4.78, 5) is 33.9. The maximum absolute atomic E-state index is 12.1. The Kier molecular flexibility index (Phi) is 40.9. The van der Waals surface area contributed by atoms with Crippen molar-refractivity contribution in [2.75, 3.05) is 26.4 Å². The molecule has 10 heteroatoms. The van der Waals surface area contributed by atoms with Crippen molar-refractivity contribution in [2.24, 2.45) is 0 Å². The molecule has 54 heavy (non-hydrogen) atoms. The number of nitrogens with one attached hydrogen (secondary N) is 1. The second kappa shape index (κ2) is 41.6. The second-order valence-electron chi connectivity index (χ2n) is 15.7. The van der Waals surface area contributed by atoms with Crippen LogP contribution in [-0.2, 0) is 27.9 Å². The van der Waals surface area contributed by atoms with Crippen LogP contribution < -0.4 is 5.32 Å². The number of hydrogen-bond acceptors (Lipinski definition) is 7. The van der Waals surface area contributed by atoms with E-state index in [0.29, 0.717) is 6.42 Å². The van der Waals surface area contributed by atoms with Gasteiger partial charge in [0.25, 0.3) is 0 Å². The summed E-state index contributed by atoms with van der Waals surface area (Å²) in [5.74, 6) is -0.502. The minimum atomic E-state index is -4.41. The van der Waals surface area contributed by atoms with E-state index < -0.39 is 26.5 Å². The zero-order valence-electron chi connectivity index (χ0n) is 35.4. The van der Waals surface area contributed by atoms with E-state index in [-0.39, 0.29) is 32.1 Å². The number of unbranched alkanes of at least 4 members (excludes halogenated alkanes) is 31. The van der Waals surface area contributed by atoms with Crippen molar-refractivity contribution in [1.82, 2.24) is 5.32 Å². The van der Waals surface area contributed by atoms with Crippen molar-refractivity contribution < 1.29 is 37.9 Å². The highest BCUT2D eigenvalue weighted by Gasteiger charge is 2.23. The van der Waals surface area contributed by atoms with Crippen LogP contribution in [0.3, 0.4) is 0 Å². The summed E-state index contributed by atoms with van der Waals surface area (Å²) in [6.45, 7) is 3.60. The molecule has 0 spiro atoms. The fourth-order valence-corrected chi connectivity index (χ4v) is 7.55. The summed E-state index contributed by atoms with van der Waals surface area (Å²) in [6.07, 6.45) is 41.8. The fourth-order valence-electron chi connectivity index (χ4n) is 6.79. The van der Waals surface area contributed by atoms with Gasteiger partial charge in [0.2, 0.25) is 5.91 Å². The summed E-state index contributed by atoms with van der Waals surface area (Å²) in [5.41, 5.74) is 0. The van der Waals surface area contributed by atoms with Crippen molar-refractivity contribution >= 4 is 19.7 Å². The minimum absolute atomic E-state index is 0.0886. The lowest BCUT2D eigenvalue weighted by Gasteiger charge is -2.15. The van der Waals surface area contributed by atoms with Crippen LogP contribution in [0.2, 0.25) is 0 Å². The molecule has 0 aliphatic rings. The number of phosphoric acid groups is 1. The highest BCUT2D eigenvalue weighted by molar-refractivity contribution is 7.47. The van der Waals surface area contributed by atoms with Gasteiger partial charge in [-0.25, -0.2) is 4.57 Å². The number of carbonyl (C=O) groups excluding carboxylic acids is 2. The lowest BCUT2D eigenvalue weighted by atomic mass is 10.0. The molecule has 0 radical (unpaired) electrons. The predicted octanol–water partition coefficient (Wildman–Crippen LogP) is 12.8. The van der Waals surface area contributed by atoms with Crippen LogP contribution in [0.1, 0.15) is 239 Å². The molecule has 322 valence electrons. The van der Waals surface area contributed by atoms with E-state index in [1.165, 1.54) is 173 Å². The number of aliphatic hydroxyl groups is 1. The number of ether oxygens (including phenoxy) is 1. The molecule has 0 saturated carbocycles. The van der Waals surface area contributed by atoms with Crippen molar-refractivity contribution in [2.45, 2.75) is 245 Å². The Labute approximate surface area is 333 Å². The molecule has 9 nitrogen and oxygen atoms in total. The number of rotatable bonds is 44.